The molecule has 0 heterocycles. The van der Waals surface area contributed by atoms with Gasteiger partial charge in [0.2, 0.25) is 0 Å². The molecule has 0 radical (unpaired) electrons. The molecule has 2 aliphatic rings. The molecule has 0 spiro atoms. The van der Waals surface area contributed by atoms with Crippen molar-refractivity contribution in [2.45, 2.75) is 71.1 Å². The monoisotopic (exact) mass is 422 g/mol. The van der Waals surface area contributed by atoms with Gasteiger partial charge in [-0.15, -0.1) is 0 Å². The van der Waals surface area contributed by atoms with Gasteiger partial charge in [0.05, 0.1) is 5.92 Å². The average molecular weight is 423 g/mol. The molecule has 2 aromatic carbocycles. The van der Waals surface area contributed by atoms with E-state index in [1.54, 1.807) is 12.1 Å². The van der Waals surface area contributed by atoms with Crippen LogP contribution in [0.4, 0.5) is 4.39 Å². The Hall–Kier alpha value is -2.16. The van der Waals surface area contributed by atoms with E-state index in [1.807, 2.05) is 24.3 Å². The van der Waals surface area contributed by atoms with Crippen LogP contribution in [0.2, 0.25) is 0 Å². The molecular formula is C28H35FO2. The number of benzene rings is 2. The number of carbonyl (C=O) groups is 1. The van der Waals surface area contributed by atoms with E-state index in [-0.39, 0.29) is 17.7 Å². The molecule has 31 heavy (non-hydrogen) atoms. The van der Waals surface area contributed by atoms with E-state index in [4.69, 9.17) is 4.74 Å². The number of halogens is 1. The third-order valence-electron chi connectivity index (χ3n) is 7.61. The van der Waals surface area contributed by atoms with Crippen LogP contribution >= 0.6 is 0 Å². The van der Waals surface area contributed by atoms with Crippen LogP contribution in [0.1, 0.15) is 71.1 Å². The van der Waals surface area contributed by atoms with Crippen molar-refractivity contribution in [3.05, 3.63) is 54.3 Å². The summed E-state index contributed by atoms with van der Waals surface area (Å²) in [5.41, 5.74) is 1.93. The number of carbonyl (C=O) groups excluding carboxylic acids is 1. The fourth-order valence-electron chi connectivity index (χ4n) is 5.74. The Morgan fingerprint density at radius 1 is 0.806 bits per heavy atom. The predicted molar refractivity (Wildman–Crippen MR) is 123 cm³/mol. The first-order chi connectivity index (χ1) is 15.1. The van der Waals surface area contributed by atoms with Crippen LogP contribution in [0.3, 0.4) is 0 Å². The molecule has 166 valence electrons. The van der Waals surface area contributed by atoms with E-state index in [1.165, 1.54) is 63.5 Å². The van der Waals surface area contributed by atoms with Gasteiger partial charge in [-0.25, -0.2) is 4.39 Å². The number of ether oxygens (including phenoxy) is 1. The smallest absolute Gasteiger partial charge is 0.314 e. The largest absolute Gasteiger partial charge is 0.426 e. The predicted octanol–water partition coefficient (Wildman–Crippen LogP) is 7.81. The molecule has 0 N–H and O–H groups in total. The molecule has 0 aromatic heterocycles. The van der Waals surface area contributed by atoms with Crippen molar-refractivity contribution in [1.82, 2.24) is 0 Å². The van der Waals surface area contributed by atoms with Crippen molar-refractivity contribution in [2.24, 2.45) is 23.7 Å². The molecule has 3 heteroatoms. The fraction of sp³-hybridized carbons (Fsp3) is 0.536. The fourth-order valence-corrected chi connectivity index (χ4v) is 5.74. The lowest BCUT2D eigenvalue weighted by Crippen LogP contribution is -2.30. The summed E-state index contributed by atoms with van der Waals surface area (Å²) in [6, 6.07) is 13.9. The van der Waals surface area contributed by atoms with Crippen molar-refractivity contribution in [1.29, 1.82) is 0 Å². The SMILES string of the molecule is CCCC1CCC(C2CCC(C(=O)Oc3ccc(-c4ccc(F)cc4)cc3)CC2)CC1. The second-order valence-corrected chi connectivity index (χ2v) is 9.63. The molecule has 0 atom stereocenters. The van der Waals surface area contributed by atoms with Gasteiger partial charge in [0.1, 0.15) is 11.6 Å². The zero-order valence-corrected chi connectivity index (χ0v) is 18.7. The molecule has 0 amide bonds. The van der Waals surface area contributed by atoms with Crippen LogP contribution in [-0.2, 0) is 4.79 Å². The maximum absolute atomic E-state index is 13.1. The Bertz CT molecular complexity index is 826. The van der Waals surface area contributed by atoms with E-state index in [9.17, 15) is 9.18 Å². The summed E-state index contributed by atoms with van der Waals surface area (Å²) in [6.45, 7) is 2.30. The molecular weight excluding hydrogens is 387 g/mol. The van der Waals surface area contributed by atoms with Gasteiger partial charge in [0.15, 0.2) is 0 Å². The lowest BCUT2D eigenvalue weighted by molar-refractivity contribution is -0.140. The summed E-state index contributed by atoms with van der Waals surface area (Å²) in [4.78, 5) is 12.7. The summed E-state index contributed by atoms with van der Waals surface area (Å²) in [6.07, 6.45) is 12.6. The molecule has 0 unspecified atom stereocenters. The van der Waals surface area contributed by atoms with Crippen molar-refractivity contribution >= 4 is 5.97 Å². The standard InChI is InChI=1S/C28H35FO2/c1-2-3-20-4-6-21(7-5-20)22-8-10-25(11-9-22)28(30)31-27-18-14-24(15-19-27)23-12-16-26(29)17-13-23/h12-22,25H,2-11H2,1H3. The number of hydrogen-bond donors (Lipinski definition) is 0. The van der Waals surface area contributed by atoms with Gasteiger partial charge >= 0.3 is 5.97 Å². The number of hydrogen-bond acceptors (Lipinski definition) is 2. The van der Waals surface area contributed by atoms with Crippen LogP contribution in [0.5, 0.6) is 5.75 Å². The molecule has 2 aromatic rings. The molecule has 2 aliphatic carbocycles. The molecule has 0 saturated heterocycles. The lowest BCUT2D eigenvalue weighted by atomic mass is 9.69. The topological polar surface area (TPSA) is 26.3 Å². The number of rotatable bonds is 6. The Morgan fingerprint density at radius 3 is 1.87 bits per heavy atom. The first-order valence-corrected chi connectivity index (χ1v) is 12.2. The summed E-state index contributed by atoms with van der Waals surface area (Å²) in [5, 5.41) is 0. The Balaban J connectivity index is 1.24. The molecule has 2 fully saturated rings. The normalized spacial score (nSPS) is 26.4. The Morgan fingerprint density at radius 2 is 1.32 bits per heavy atom. The maximum atomic E-state index is 13.1. The Kier molecular flexibility index (Phi) is 7.42. The summed E-state index contributed by atoms with van der Waals surface area (Å²) in [7, 11) is 0. The zero-order valence-electron chi connectivity index (χ0n) is 18.7. The van der Waals surface area contributed by atoms with Gasteiger partial charge in [-0.2, -0.15) is 0 Å². The van der Waals surface area contributed by atoms with Crippen molar-refractivity contribution in [2.75, 3.05) is 0 Å². The highest BCUT2D eigenvalue weighted by atomic mass is 19.1. The third kappa shape index (κ3) is 5.75. The van der Waals surface area contributed by atoms with E-state index < -0.39 is 0 Å². The van der Waals surface area contributed by atoms with Gasteiger partial charge in [-0.3, -0.25) is 4.79 Å². The minimum atomic E-state index is -0.242. The maximum Gasteiger partial charge on any atom is 0.314 e. The first-order valence-electron chi connectivity index (χ1n) is 12.2. The van der Waals surface area contributed by atoms with Crippen LogP contribution in [0, 0.1) is 29.5 Å². The minimum Gasteiger partial charge on any atom is -0.426 e. The molecule has 0 bridgehead atoms. The lowest BCUT2D eigenvalue weighted by Gasteiger charge is -2.37. The van der Waals surface area contributed by atoms with Crippen molar-refractivity contribution < 1.29 is 13.9 Å². The quantitative estimate of drug-likeness (QED) is 0.350. The molecule has 4 rings (SSSR count). The summed E-state index contributed by atoms with van der Waals surface area (Å²) in [5.74, 6) is 2.94. The summed E-state index contributed by atoms with van der Waals surface area (Å²) < 4.78 is 18.8. The van der Waals surface area contributed by atoms with Gasteiger partial charge < -0.3 is 4.74 Å². The van der Waals surface area contributed by atoms with Gasteiger partial charge in [-0.05, 0) is 91.7 Å². The highest BCUT2D eigenvalue weighted by Crippen LogP contribution is 2.42. The number of esters is 1. The second-order valence-electron chi connectivity index (χ2n) is 9.63. The Labute approximate surface area is 186 Å². The average Bonchev–Trinajstić information content (AvgIpc) is 2.81. The van der Waals surface area contributed by atoms with E-state index in [0.717, 1.165) is 41.7 Å². The van der Waals surface area contributed by atoms with Crippen LogP contribution in [0.15, 0.2) is 48.5 Å². The highest BCUT2D eigenvalue weighted by molar-refractivity contribution is 5.75. The van der Waals surface area contributed by atoms with Crippen LogP contribution in [0.25, 0.3) is 11.1 Å². The zero-order chi connectivity index (χ0) is 21.6. The second kappa shape index (κ2) is 10.4. The van der Waals surface area contributed by atoms with Crippen LogP contribution in [-0.4, -0.2) is 5.97 Å². The highest BCUT2D eigenvalue weighted by Gasteiger charge is 2.33. The van der Waals surface area contributed by atoms with Crippen molar-refractivity contribution in [3.8, 4) is 16.9 Å². The van der Waals surface area contributed by atoms with E-state index >= 15 is 0 Å². The molecule has 2 saturated carbocycles. The van der Waals surface area contributed by atoms with Gasteiger partial charge in [0.25, 0.3) is 0 Å². The molecule has 2 nitrogen and oxygen atoms in total. The third-order valence-corrected chi connectivity index (χ3v) is 7.61. The molecule has 0 aliphatic heterocycles. The van der Waals surface area contributed by atoms with Crippen molar-refractivity contribution in [3.63, 3.8) is 0 Å². The van der Waals surface area contributed by atoms with Gasteiger partial charge in [-0.1, -0.05) is 56.9 Å². The van der Waals surface area contributed by atoms with Crippen LogP contribution < -0.4 is 4.74 Å². The first kappa shape index (κ1) is 22.0. The van der Waals surface area contributed by atoms with E-state index in [0.29, 0.717) is 5.75 Å². The van der Waals surface area contributed by atoms with E-state index in [2.05, 4.69) is 6.92 Å². The summed E-state index contributed by atoms with van der Waals surface area (Å²) >= 11 is 0. The minimum absolute atomic E-state index is 0.0319. The van der Waals surface area contributed by atoms with Gasteiger partial charge in [0, 0.05) is 0 Å².